The first-order valence-corrected chi connectivity index (χ1v) is 11.3. The van der Waals surface area contributed by atoms with Crippen LogP contribution < -0.4 is 16.5 Å². The highest BCUT2D eigenvalue weighted by Gasteiger charge is 2.20. The molecule has 176 valence electrons. The monoisotopic (exact) mass is 468 g/mol. The lowest BCUT2D eigenvalue weighted by Crippen LogP contribution is -2.13. The molecule has 8 nitrogen and oxygen atoms in total. The Hall–Kier alpha value is -4.46. The number of rotatable bonds is 5. The highest BCUT2D eigenvalue weighted by atomic mass is 16.5. The Balaban J connectivity index is 1.65. The minimum absolute atomic E-state index is 0.0554. The van der Waals surface area contributed by atoms with Gasteiger partial charge in [0.05, 0.1) is 17.1 Å². The second-order valence-electron chi connectivity index (χ2n) is 8.64. The van der Waals surface area contributed by atoms with Crippen molar-refractivity contribution in [2.75, 3.05) is 5.32 Å². The molecule has 2 aromatic carbocycles. The van der Waals surface area contributed by atoms with Crippen LogP contribution in [0.25, 0.3) is 33.8 Å². The first kappa shape index (κ1) is 22.3. The third-order valence-corrected chi connectivity index (χ3v) is 5.97. The molecule has 0 saturated carbocycles. The van der Waals surface area contributed by atoms with Crippen LogP contribution >= 0.6 is 0 Å². The quantitative estimate of drug-likeness (QED) is 0.360. The van der Waals surface area contributed by atoms with Crippen LogP contribution in [0.4, 0.5) is 5.69 Å². The summed E-state index contributed by atoms with van der Waals surface area (Å²) in [6, 6.07) is 16.9. The first-order chi connectivity index (χ1) is 16.8. The average molecular weight is 469 g/mol. The van der Waals surface area contributed by atoms with E-state index in [0.29, 0.717) is 33.7 Å². The minimum Gasteiger partial charge on any atom is -0.455 e. The van der Waals surface area contributed by atoms with E-state index in [1.54, 1.807) is 6.92 Å². The van der Waals surface area contributed by atoms with Crippen LogP contribution in [0.2, 0.25) is 0 Å². The predicted molar refractivity (Wildman–Crippen MR) is 135 cm³/mol. The van der Waals surface area contributed by atoms with Crippen molar-refractivity contribution < 1.29 is 8.94 Å². The van der Waals surface area contributed by atoms with E-state index in [1.807, 2.05) is 75.4 Å². The molecule has 0 aliphatic heterocycles. The summed E-state index contributed by atoms with van der Waals surface area (Å²) in [6.45, 7) is 7.57. The van der Waals surface area contributed by atoms with Crippen LogP contribution in [0, 0.1) is 20.8 Å². The van der Waals surface area contributed by atoms with Gasteiger partial charge in [-0.15, -0.1) is 0 Å². The van der Waals surface area contributed by atoms with Crippen LogP contribution in [0.1, 0.15) is 35.3 Å². The van der Waals surface area contributed by atoms with Gasteiger partial charge in [0.1, 0.15) is 17.0 Å². The summed E-state index contributed by atoms with van der Waals surface area (Å²) in [4.78, 5) is 32.0. The van der Waals surface area contributed by atoms with Crippen LogP contribution in [0.3, 0.4) is 0 Å². The summed E-state index contributed by atoms with van der Waals surface area (Å²) >= 11 is 0. The van der Waals surface area contributed by atoms with Gasteiger partial charge in [-0.1, -0.05) is 41.6 Å². The molecule has 35 heavy (non-hydrogen) atoms. The summed E-state index contributed by atoms with van der Waals surface area (Å²) in [7, 11) is 0. The number of H-pyrrole nitrogens is 1. The van der Waals surface area contributed by atoms with Crippen LogP contribution in [0.5, 0.6) is 0 Å². The molecule has 0 spiro atoms. The summed E-state index contributed by atoms with van der Waals surface area (Å²) < 4.78 is 11.1. The van der Waals surface area contributed by atoms with E-state index in [2.05, 4.69) is 25.0 Å². The lowest BCUT2D eigenvalue weighted by atomic mass is 9.98. The third kappa shape index (κ3) is 4.14. The zero-order chi connectivity index (χ0) is 24.7. The van der Waals surface area contributed by atoms with Gasteiger partial charge in [-0.2, -0.15) is 0 Å². The summed E-state index contributed by atoms with van der Waals surface area (Å²) in [5, 5.41) is 7.78. The molecule has 2 N–H and O–H groups in total. The number of aromatic amines is 1. The third-order valence-electron chi connectivity index (χ3n) is 5.97. The number of nitrogens with zero attached hydrogens (tertiary/aromatic N) is 2. The Morgan fingerprint density at radius 3 is 2.49 bits per heavy atom. The summed E-state index contributed by atoms with van der Waals surface area (Å²) in [5.41, 5.74) is 5.54. The molecule has 3 heterocycles. The van der Waals surface area contributed by atoms with Crippen molar-refractivity contribution in [3.63, 3.8) is 0 Å². The molecule has 3 aromatic heterocycles. The van der Waals surface area contributed by atoms with Gasteiger partial charge >= 0.3 is 5.76 Å². The topological polar surface area (TPSA) is 114 Å². The molecule has 0 bridgehead atoms. The highest BCUT2D eigenvalue weighted by molar-refractivity contribution is 5.85. The summed E-state index contributed by atoms with van der Waals surface area (Å²) in [6.07, 6.45) is 0. The average Bonchev–Trinajstić information content (AvgIpc) is 3.29. The molecule has 1 atom stereocenters. The standard InChI is InChI=1S/C27H24N4O4/c1-14-12-19(17(4)29-21-11-10-15(2)28-22(21)26-30-27(33)35-31-26)25-20(13-14)23(32)16(3)24(34-25)18-8-6-5-7-9-18/h5-13,17,29H,1-4H3,(H,30,31,33)/t17-/m1/s1. The van der Waals surface area contributed by atoms with Crippen molar-refractivity contribution in [1.82, 2.24) is 15.1 Å². The Labute approximate surface area is 200 Å². The maximum Gasteiger partial charge on any atom is 0.439 e. The van der Waals surface area contributed by atoms with Crippen molar-refractivity contribution in [1.29, 1.82) is 0 Å². The Morgan fingerprint density at radius 1 is 1.00 bits per heavy atom. The Kier molecular flexibility index (Phi) is 5.56. The Bertz CT molecular complexity index is 1660. The molecule has 5 rings (SSSR count). The zero-order valence-electron chi connectivity index (χ0n) is 19.8. The fourth-order valence-electron chi connectivity index (χ4n) is 4.25. The van der Waals surface area contributed by atoms with E-state index >= 15 is 0 Å². The number of benzene rings is 2. The molecule has 0 fully saturated rings. The molecule has 5 aromatic rings. The molecule has 0 aliphatic rings. The normalized spacial score (nSPS) is 12.1. The van der Waals surface area contributed by atoms with E-state index in [-0.39, 0.29) is 17.3 Å². The smallest absolute Gasteiger partial charge is 0.439 e. The van der Waals surface area contributed by atoms with Crippen LogP contribution in [-0.2, 0) is 0 Å². The van der Waals surface area contributed by atoms with Gasteiger partial charge in [0.15, 0.2) is 5.43 Å². The van der Waals surface area contributed by atoms with E-state index in [1.165, 1.54) is 0 Å². The molecular weight excluding hydrogens is 444 g/mol. The number of aryl methyl sites for hydroxylation is 2. The second-order valence-corrected chi connectivity index (χ2v) is 8.64. The van der Waals surface area contributed by atoms with Gasteiger partial charge in [-0.3, -0.25) is 14.3 Å². The van der Waals surface area contributed by atoms with Gasteiger partial charge < -0.3 is 9.73 Å². The molecule has 0 saturated heterocycles. The predicted octanol–water partition coefficient (Wildman–Crippen LogP) is 5.30. The summed E-state index contributed by atoms with van der Waals surface area (Å²) in [5.74, 6) is 0.131. The van der Waals surface area contributed by atoms with E-state index in [4.69, 9.17) is 4.42 Å². The molecular formula is C27H24N4O4. The SMILES string of the molecule is Cc1cc([C@@H](C)Nc2ccc(C)nc2-c2noc(=O)[nH]2)c2oc(-c3ccccc3)c(C)c(=O)c2c1. The van der Waals surface area contributed by atoms with E-state index < -0.39 is 5.76 Å². The molecule has 0 amide bonds. The van der Waals surface area contributed by atoms with Gasteiger partial charge in [0.2, 0.25) is 5.82 Å². The number of pyridine rings is 1. The highest BCUT2D eigenvalue weighted by Crippen LogP contribution is 2.33. The van der Waals surface area contributed by atoms with Crippen molar-refractivity contribution >= 4 is 16.7 Å². The number of nitrogens with one attached hydrogen (secondary N) is 2. The first-order valence-electron chi connectivity index (χ1n) is 11.3. The lowest BCUT2D eigenvalue weighted by Gasteiger charge is -2.20. The maximum absolute atomic E-state index is 13.3. The van der Waals surface area contributed by atoms with Crippen molar-refractivity contribution in [3.05, 3.63) is 97.8 Å². The maximum atomic E-state index is 13.3. The number of hydrogen-bond acceptors (Lipinski definition) is 7. The number of aromatic nitrogens is 3. The molecule has 0 unspecified atom stereocenters. The van der Waals surface area contributed by atoms with Gasteiger partial charge in [0.25, 0.3) is 0 Å². The number of fused-ring (bicyclic) bond motifs is 1. The lowest BCUT2D eigenvalue weighted by molar-refractivity contribution is 0.388. The fourth-order valence-corrected chi connectivity index (χ4v) is 4.25. The number of hydrogen-bond donors (Lipinski definition) is 2. The van der Waals surface area contributed by atoms with Crippen molar-refractivity contribution in [3.8, 4) is 22.8 Å². The van der Waals surface area contributed by atoms with E-state index in [9.17, 15) is 9.59 Å². The Morgan fingerprint density at radius 2 is 1.77 bits per heavy atom. The van der Waals surface area contributed by atoms with Gasteiger partial charge in [-0.05, 0) is 51.5 Å². The molecule has 0 radical (unpaired) electrons. The van der Waals surface area contributed by atoms with E-state index in [0.717, 1.165) is 22.4 Å². The minimum atomic E-state index is -0.655. The van der Waals surface area contributed by atoms with Gasteiger partial charge in [0, 0.05) is 22.4 Å². The van der Waals surface area contributed by atoms with Crippen molar-refractivity contribution in [2.24, 2.45) is 0 Å². The van der Waals surface area contributed by atoms with Gasteiger partial charge in [-0.25, -0.2) is 9.78 Å². The molecule has 8 heteroatoms. The van der Waals surface area contributed by atoms with Crippen LogP contribution in [0.15, 0.2) is 73.1 Å². The molecule has 0 aliphatic carbocycles. The zero-order valence-corrected chi connectivity index (χ0v) is 19.8. The number of anilines is 1. The van der Waals surface area contributed by atoms with Crippen LogP contribution in [-0.4, -0.2) is 15.1 Å². The van der Waals surface area contributed by atoms with Crippen molar-refractivity contribution in [2.45, 2.75) is 33.7 Å². The second kappa shape index (κ2) is 8.72. The fraction of sp³-hybridized carbons (Fsp3) is 0.185. The largest absolute Gasteiger partial charge is 0.455 e.